The summed E-state index contributed by atoms with van der Waals surface area (Å²) in [6, 6.07) is -12.1. The van der Waals surface area contributed by atoms with Crippen molar-refractivity contribution in [1.29, 1.82) is 0 Å². The Hall–Kier alpha value is -7.07. The van der Waals surface area contributed by atoms with Gasteiger partial charge in [-0.2, -0.15) is 0 Å². The Bertz CT molecular complexity index is 2420. The molecule has 12 amide bonds. The average molecular weight is 1230 g/mol. The highest BCUT2D eigenvalue weighted by Crippen LogP contribution is 2.25. The molecule has 0 aromatic heterocycles. The molecule has 0 aromatic carbocycles. The minimum atomic E-state index is -2.00. The fourth-order valence-corrected chi connectivity index (χ4v) is 10.3. The van der Waals surface area contributed by atoms with E-state index in [1.54, 1.807) is 34.6 Å². The molecule has 28 nitrogen and oxygen atoms in total. The molecule has 0 bridgehead atoms. The van der Waals surface area contributed by atoms with E-state index in [1.807, 2.05) is 6.92 Å². The fourth-order valence-electron chi connectivity index (χ4n) is 10.3. The highest BCUT2D eigenvalue weighted by atomic mass is 16.5. The van der Waals surface area contributed by atoms with E-state index in [-0.39, 0.29) is 30.9 Å². The number of fused-ring (bicyclic) bond motifs is 1. The zero-order chi connectivity index (χ0) is 65.8. The number of allylic oxidation sites excluding steroid dienone is 1. The van der Waals surface area contributed by atoms with Crippen molar-refractivity contribution in [3.05, 3.63) is 11.8 Å². The van der Waals surface area contributed by atoms with Crippen molar-refractivity contribution in [2.75, 3.05) is 27.2 Å². The highest BCUT2D eigenvalue weighted by molar-refractivity contribution is 6.02. The molecular formula is C59H100N12O16. The number of rotatable bonds is 24. The maximum absolute atomic E-state index is 14.7. The van der Waals surface area contributed by atoms with Gasteiger partial charge in [0, 0.05) is 40.0 Å². The zero-order valence-corrected chi connectivity index (χ0v) is 52.8. The number of hydrogen-bond donors (Lipinski definition) is 12. The van der Waals surface area contributed by atoms with Gasteiger partial charge in [0.05, 0.1) is 31.2 Å². The van der Waals surface area contributed by atoms with Crippen LogP contribution >= 0.6 is 0 Å². The molecule has 87 heavy (non-hydrogen) atoms. The Labute approximate surface area is 511 Å². The molecule has 0 radical (unpaired) electrons. The number of nitrogens with zero attached hydrogens (tertiary/aromatic N) is 2. The van der Waals surface area contributed by atoms with Gasteiger partial charge >= 0.3 is 0 Å². The van der Waals surface area contributed by atoms with Crippen LogP contribution in [-0.2, 0) is 67.1 Å². The number of hydrogen-bond acceptors (Lipinski definition) is 16. The van der Waals surface area contributed by atoms with Gasteiger partial charge in [0.15, 0.2) is 6.10 Å². The molecule has 2 heterocycles. The average Bonchev–Trinajstić information content (AvgIpc) is 2.91. The summed E-state index contributed by atoms with van der Waals surface area (Å²) in [5.74, 6) is -13.4. The van der Waals surface area contributed by atoms with Crippen molar-refractivity contribution in [1.82, 2.24) is 52.3 Å². The molecule has 2 rings (SSSR count). The first-order valence-corrected chi connectivity index (χ1v) is 30.5. The second kappa shape index (κ2) is 38.3. The Kier molecular flexibility index (Phi) is 33.4. The smallest absolute Gasteiger partial charge is 0.268 e. The van der Waals surface area contributed by atoms with Crippen LogP contribution in [0.1, 0.15) is 171 Å². The molecule has 0 unspecified atom stereocenters. The minimum Gasteiger partial charge on any atom is -0.391 e. The van der Waals surface area contributed by atoms with Gasteiger partial charge in [0.2, 0.25) is 59.1 Å². The molecule has 492 valence electrons. The lowest BCUT2D eigenvalue weighted by atomic mass is 9.90. The van der Waals surface area contributed by atoms with Crippen LogP contribution in [-0.4, -0.2) is 191 Å². The Balaban J connectivity index is 2.73. The highest BCUT2D eigenvalue weighted by Gasteiger charge is 2.44. The summed E-state index contributed by atoms with van der Waals surface area (Å²) in [5.41, 5.74) is 10.6. The summed E-state index contributed by atoms with van der Waals surface area (Å²) in [6.45, 7) is 13.1. The van der Waals surface area contributed by atoms with Crippen LogP contribution in [0.25, 0.3) is 0 Å². The summed E-state index contributed by atoms with van der Waals surface area (Å²) in [5, 5.41) is 42.7. The molecule has 0 saturated carbocycles. The van der Waals surface area contributed by atoms with E-state index in [2.05, 4.69) is 42.5 Å². The van der Waals surface area contributed by atoms with E-state index in [9.17, 15) is 72.5 Å². The summed E-state index contributed by atoms with van der Waals surface area (Å²) in [7, 11) is 2.40. The number of nitrogens with one attached hydrogen (secondary N) is 8. The van der Waals surface area contributed by atoms with Crippen LogP contribution < -0.4 is 54.0 Å². The normalized spacial score (nSPS) is 25.8. The summed E-state index contributed by atoms with van der Waals surface area (Å²) < 4.78 is 5.42. The van der Waals surface area contributed by atoms with Gasteiger partial charge in [-0.25, -0.2) is 0 Å². The van der Waals surface area contributed by atoms with Crippen LogP contribution in [0, 0.1) is 17.8 Å². The molecule has 2 saturated heterocycles. The van der Waals surface area contributed by atoms with Crippen molar-refractivity contribution < 1.29 is 77.3 Å². The third-order valence-electron chi connectivity index (χ3n) is 15.8. The zero-order valence-electron chi connectivity index (χ0n) is 52.8. The number of methoxy groups -OCH3 is 1. The van der Waals surface area contributed by atoms with Gasteiger partial charge in [0.1, 0.15) is 53.8 Å². The minimum absolute atomic E-state index is 0.0360. The van der Waals surface area contributed by atoms with Crippen molar-refractivity contribution in [2.24, 2.45) is 29.2 Å². The molecule has 2 aliphatic rings. The fraction of sp³-hybridized carbons (Fsp3) is 0.746. The van der Waals surface area contributed by atoms with E-state index in [0.717, 1.165) is 68.1 Å². The second-order valence-corrected chi connectivity index (χ2v) is 23.6. The number of aliphatic hydroxyl groups is 2. The van der Waals surface area contributed by atoms with Crippen molar-refractivity contribution in [3.8, 4) is 0 Å². The summed E-state index contributed by atoms with van der Waals surface area (Å²) >= 11 is 0. The van der Waals surface area contributed by atoms with Crippen LogP contribution in [0.15, 0.2) is 11.8 Å². The van der Waals surface area contributed by atoms with Crippen molar-refractivity contribution in [3.63, 3.8) is 0 Å². The maximum atomic E-state index is 14.7. The van der Waals surface area contributed by atoms with Crippen LogP contribution in [0.2, 0.25) is 0 Å². The number of Topliss-reactive ketones (excluding diaryl/α,β-unsaturated/α-hetero) is 1. The largest absolute Gasteiger partial charge is 0.391 e. The lowest BCUT2D eigenvalue weighted by Gasteiger charge is -2.36. The monoisotopic (exact) mass is 1230 g/mol. The van der Waals surface area contributed by atoms with Gasteiger partial charge in [-0.15, -0.1) is 0 Å². The van der Waals surface area contributed by atoms with Gasteiger partial charge in [-0.3, -0.25) is 62.3 Å². The number of ether oxygens (including phenoxy) is 1. The van der Waals surface area contributed by atoms with E-state index in [0.29, 0.717) is 25.7 Å². The third kappa shape index (κ3) is 24.9. The lowest BCUT2D eigenvalue weighted by Crippen LogP contribution is -2.62. The van der Waals surface area contributed by atoms with Crippen molar-refractivity contribution in [2.45, 2.75) is 238 Å². The predicted molar refractivity (Wildman–Crippen MR) is 319 cm³/mol. The predicted octanol–water partition coefficient (Wildman–Crippen LogP) is -1.00. The number of amides is 12. The number of carbonyl (C=O) groups excluding carboxylic acids is 13. The molecule has 0 aliphatic carbocycles. The standard InChI is InChI=1S/C59H100N12O16/c1-12-23-37(73)25-21-19-17-15-14-16-18-20-24-34(7)47-50(77)57(84)67-45(32(3)4)54(81)63-38(13-2)52(79)66-46(33(5)6)55(82)69-48(35(8)72)56(83)64-39(27-28-42(60)74)51(78)62-31-44(76)65-49(36(9)87-11)59(86)70(10)41(30-43(61)75)58(85)71-29-22-26-40(71)53(80)68-47/h13,32-36,39-41,45-50,72,77H,12,14-31H2,1-11H3,(H2,60,74)(H2,61,75)(H,62,78)(H,63,81)(H,64,83)(H,65,76)(H,66,79)(H,67,84)(H,68,80)(H,69,82)/b38-13+/t34-,35+,36+,39-,40-,41-,45-,46-,47+,48-,49-,50+/m0/s1. The first kappa shape index (κ1) is 76.0. The van der Waals surface area contributed by atoms with E-state index in [1.165, 1.54) is 34.1 Å². The molecule has 12 atom stereocenters. The summed E-state index contributed by atoms with van der Waals surface area (Å²) in [4.78, 5) is 180. The molecule has 2 fully saturated rings. The van der Waals surface area contributed by atoms with E-state index in [4.69, 9.17) is 16.2 Å². The number of ketones is 1. The lowest BCUT2D eigenvalue weighted by molar-refractivity contribution is -0.151. The molecule has 2 aliphatic heterocycles. The summed E-state index contributed by atoms with van der Waals surface area (Å²) in [6.07, 6.45) is 4.59. The number of unbranched alkanes of at least 4 members (excludes halogenated alkanes) is 7. The van der Waals surface area contributed by atoms with Crippen LogP contribution in [0.3, 0.4) is 0 Å². The number of carbonyl (C=O) groups is 13. The quantitative estimate of drug-likeness (QED) is 0.0407. The van der Waals surface area contributed by atoms with Crippen LogP contribution in [0.5, 0.6) is 0 Å². The Morgan fingerprint density at radius 2 is 1.24 bits per heavy atom. The topological polar surface area (TPSA) is 426 Å². The van der Waals surface area contributed by atoms with Crippen molar-refractivity contribution >= 4 is 76.7 Å². The molecule has 0 aromatic rings. The number of aliphatic hydroxyl groups excluding tert-OH is 2. The molecular weight excluding hydrogens is 1130 g/mol. The van der Waals surface area contributed by atoms with Gasteiger partial charge in [-0.05, 0) is 77.0 Å². The Morgan fingerprint density at radius 1 is 0.667 bits per heavy atom. The molecule has 0 spiro atoms. The first-order chi connectivity index (χ1) is 40.9. The third-order valence-corrected chi connectivity index (χ3v) is 15.8. The van der Waals surface area contributed by atoms with E-state index >= 15 is 0 Å². The van der Waals surface area contributed by atoms with Gasteiger partial charge < -0.3 is 78.8 Å². The Morgan fingerprint density at radius 3 is 1.79 bits per heavy atom. The maximum Gasteiger partial charge on any atom is 0.268 e. The van der Waals surface area contributed by atoms with Gasteiger partial charge in [-0.1, -0.05) is 92.6 Å². The number of primary amides is 2. The first-order valence-electron chi connectivity index (χ1n) is 30.5. The number of nitrogens with two attached hydrogens (primary N) is 2. The van der Waals surface area contributed by atoms with Crippen LogP contribution in [0.4, 0.5) is 0 Å². The molecule has 14 N–H and O–H groups in total. The number of likely N-dealkylation sites (N-methyl/N-ethyl adjacent to an activating group) is 1. The van der Waals surface area contributed by atoms with E-state index < -0.39 is 181 Å². The van der Waals surface area contributed by atoms with Gasteiger partial charge in [0.25, 0.3) is 11.8 Å². The second-order valence-electron chi connectivity index (χ2n) is 23.6. The molecule has 28 heteroatoms. The SMILES string of the molecule is C/C=C1/NC(=O)[C@H](C(C)C)NC(=O)[C@H](O)[C@@H]([C@@H](C)CCCCCCCCCCC(=O)CCC)NC(=O)[C@@H]2CCCN2C(=O)[C@H](CC(N)=O)N(C)C(=O)[C@H]([C@@H](C)OC)NC(=O)CNC(=O)[C@H](CCC(N)=O)NC(=O)[C@H]([C@@H](C)O)NC(=O)[C@H](C(C)C)NC1=O.